The zero-order valence-corrected chi connectivity index (χ0v) is 16.7. The molecule has 150 valence electrons. The van der Waals surface area contributed by atoms with E-state index in [2.05, 4.69) is 4.98 Å². The molecule has 0 N–H and O–H groups in total. The highest BCUT2D eigenvalue weighted by Gasteiger charge is 2.37. The van der Waals surface area contributed by atoms with Crippen LogP contribution in [0.5, 0.6) is 11.5 Å². The number of sulfone groups is 1. The average molecular weight is 412 g/mol. The Morgan fingerprint density at radius 3 is 2.76 bits per heavy atom. The van der Waals surface area contributed by atoms with E-state index in [1.54, 1.807) is 30.6 Å². The van der Waals surface area contributed by atoms with Gasteiger partial charge in [0.2, 0.25) is 5.78 Å². The summed E-state index contributed by atoms with van der Waals surface area (Å²) in [5, 5.41) is 0. The number of rotatable bonds is 2. The second-order valence-corrected chi connectivity index (χ2v) is 9.89. The molecule has 1 fully saturated rings. The fourth-order valence-electron chi connectivity index (χ4n) is 4.17. The summed E-state index contributed by atoms with van der Waals surface area (Å²) in [6.45, 7) is 2.77. The van der Waals surface area contributed by atoms with Crippen molar-refractivity contribution >= 4 is 21.7 Å². The number of carbonyl (C=O) groups excluding carboxylic acids is 1. The molecule has 0 aliphatic carbocycles. The van der Waals surface area contributed by atoms with Gasteiger partial charge in [-0.1, -0.05) is 0 Å². The van der Waals surface area contributed by atoms with E-state index in [0.29, 0.717) is 31.0 Å². The zero-order chi connectivity index (χ0) is 20.2. The molecule has 7 nitrogen and oxygen atoms in total. The fraction of sp³-hybridized carbons (Fsp3) is 0.333. The number of hydrogen-bond acceptors (Lipinski definition) is 7. The maximum Gasteiger partial charge on any atom is 0.231 e. The molecule has 0 radical (unpaired) electrons. The summed E-state index contributed by atoms with van der Waals surface area (Å²) >= 11 is 0. The van der Waals surface area contributed by atoms with Gasteiger partial charge >= 0.3 is 0 Å². The molecule has 1 unspecified atom stereocenters. The highest BCUT2D eigenvalue weighted by Crippen LogP contribution is 2.43. The topological polar surface area (TPSA) is 85.8 Å². The second kappa shape index (κ2) is 6.67. The molecule has 0 amide bonds. The smallest absolute Gasteiger partial charge is 0.231 e. The van der Waals surface area contributed by atoms with E-state index in [4.69, 9.17) is 9.47 Å². The molecule has 0 spiro atoms. The van der Waals surface area contributed by atoms with Gasteiger partial charge in [-0.3, -0.25) is 14.7 Å². The van der Waals surface area contributed by atoms with Crippen LogP contribution in [0.15, 0.2) is 36.4 Å². The van der Waals surface area contributed by atoms with E-state index in [-0.39, 0.29) is 29.1 Å². The van der Waals surface area contributed by atoms with Crippen LogP contribution < -0.4 is 9.47 Å². The lowest BCUT2D eigenvalue weighted by Crippen LogP contribution is -2.41. The number of fused-ring (bicyclic) bond motifs is 2. The third-order valence-corrected chi connectivity index (χ3v) is 7.44. The Morgan fingerprint density at radius 1 is 1.24 bits per heavy atom. The van der Waals surface area contributed by atoms with Crippen molar-refractivity contribution in [2.24, 2.45) is 0 Å². The Kier molecular flexibility index (Phi) is 4.22. The number of nitrogens with zero attached hydrogens (tertiary/aromatic N) is 2. The van der Waals surface area contributed by atoms with Crippen molar-refractivity contribution < 1.29 is 22.7 Å². The summed E-state index contributed by atoms with van der Waals surface area (Å²) in [6, 6.07) is 5.39. The first-order valence-corrected chi connectivity index (χ1v) is 11.3. The van der Waals surface area contributed by atoms with Gasteiger partial charge in [-0.15, -0.1) is 0 Å². The maximum atomic E-state index is 12.9. The van der Waals surface area contributed by atoms with E-state index in [1.807, 2.05) is 17.9 Å². The van der Waals surface area contributed by atoms with Crippen molar-refractivity contribution in [1.29, 1.82) is 0 Å². The Bertz CT molecular complexity index is 1140. The summed E-state index contributed by atoms with van der Waals surface area (Å²) in [5.74, 6) is 1.75. The minimum absolute atomic E-state index is 0.0455. The molecule has 3 aliphatic rings. The van der Waals surface area contributed by atoms with Crippen LogP contribution >= 0.6 is 0 Å². The first kappa shape index (κ1) is 18.3. The quantitative estimate of drug-likeness (QED) is 0.700. The predicted octanol–water partition coefficient (Wildman–Crippen LogP) is 2.35. The van der Waals surface area contributed by atoms with E-state index in [1.165, 1.54) is 0 Å². The van der Waals surface area contributed by atoms with Gasteiger partial charge in [-0.05, 0) is 43.2 Å². The number of allylic oxidation sites excluding steroid dienone is 1. The van der Waals surface area contributed by atoms with Gasteiger partial charge in [0.05, 0.1) is 17.1 Å². The van der Waals surface area contributed by atoms with E-state index < -0.39 is 9.84 Å². The first-order chi connectivity index (χ1) is 13.9. The highest BCUT2D eigenvalue weighted by atomic mass is 32.2. The van der Waals surface area contributed by atoms with Crippen LogP contribution in [0.4, 0.5) is 0 Å². The lowest BCUT2D eigenvalue weighted by Gasteiger charge is -2.33. The molecule has 2 aromatic rings. The Balaban J connectivity index is 1.45. The van der Waals surface area contributed by atoms with Gasteiger partial charge in [0.15, 0.2) is 15.6 Å². The number of pyridine rings is 1. The molecular weight excluding hydrogens is 392 g/mol. The Labute approximate surface area is 168 Å². The molecular formula is C21H20N2O5S. The minimum atomic E-state index is -2.97. The van der Waals surface area contributed by atoms with Crippen molar-refractivity contribution in [2.45, 2.75) is 25.9 Å². The van der Waals surface area contributed by atoms with Crippen LogP contribution in [0.1, 0.15) is 33.5 Å². The third-order valence-electron chi connectivity index (χ3n) is 5.69. The van der Waals surface area contributed by atoms with Crippen LogP contribution in [-0.2, 0) is 16.4 Å². The van der Waals surface area contributed by atoms with Crippen LogP contribution in [0.2, 0.25) is 0 Å². The molecule has 1 atom stereocenters. The zero-order valence-electron chi connectivity index (χ0n) is 15.9. The fourth-order valence-corrected chi connectivity index (χ4v) is 5.94. The molecule has 1 aromatic carbocycles. The molecule has 0 bridgehead atoms. The van der Waals surface area contributed by atoms with Crippen molar-refractivity contribution in [3.63, 3.8) is 0 Å². The number of aromatic nitrogens is 1. The van der Waals surface area contributed by atoms with Crippen LogP contribution in [0.25, 0.3) is 6.08 Å². The molecule has 8 heteroatoms. The average Bonchev–Trinajstić information content (AvgIpc) is 3.23. The molecule has 1 saturated heterocycles. The predicted molar refractivity (Wildman–Crippen MR) is 106 cm³/mol. The Hall–Kier alpha value is -2.71. The van der Waals surface area contributed by atoms with Crippen molar-refractivity contribution in [3.05, 3.63) is 58.6 Å². The van der Waals surface area contributed by atoms with Crippen molar-refractivity contribution in [1.82, 2.24) is 9.88 Å². The number of ketones is 1. The number of carbonyl (C=O) groups is 1. The summed E-state index contributed by atoms with van der Waals surface area (Å²) < 4.78 is 35.5. The van der Waals surface area contributed by atoms with Crippen molar-refractivity contribution in [3.8, 4) is 11.5 Å². The maximum absolute atomic E-state index is 12.9. The third kappa shape index (κ3) is 3.22. The molecule has 0 saturated carbocycles. The normalized spacial score (nSPS) is 24.1. The lowest BCUT2D eigenvalue weighted by atomic mass is 9.99. The molecule has 1 aromatic heterocycles. The van der Waals surface area contributed by atoms with Gasteiger partial charge in [0.1, 0.15) is 18.2 Å². The SMILES string of the molecule is Cc1c2c(cc3c1O/C(=C\c1ccncc1)C3=O)CN(C1CCS(=O)(=O)C1)CO2. The summed E-state index contributed by atoms with van der Waals surface area (Å²) in [4.78, 5) is 18.9. The molecule has 5 rings (SSSR count). The number of Topliss-reactive ketones (excluding diaryl/α,β-unsaturated/α-hetero) is 1. The number of hydrogen-bond donors (Lipinski definition) is 0. The number of ether oxygens (including phenoxy) is 2. The molecule has 29 heavy (non-hydrogen) atoms. The summed E-state index contributed by atoms with van der Waals surface area (Å²) in [6.07, 6.45) is 5.65. The van der Waals surface area contributed by atoms with Gasteiger partial charge in [-0.2, -0.15) is 0 Å². The standard InChI is InChI=1S/C21H20N2O5S/c1-13-20-15(10-23(12-27-20)16-4-7-29(25,26)11-16)9-17-19(24)18(28-21(13)17)8-14-2-5-22-6-3-14/h2-3,5-6,8-9,16H,4,7,10-12H2,1H3/b18-8-. The van der Waals surface area contributed by atoms with E-state index in [9.17, 15) is 13.2 Å². The van der Waals surface area contributed by atoms with E-state index >= 15 is 0 Å². The van der Waals surface area contributed by atoms with Gasteiger partial charge in [0, 0.05) is 36.1 Å². The minimum Gasteiger partial charge on any atom is -0.477 e. The monoisotopic (exact) mass is 412 g/mol. The van der Waals surface area contributed by atoms with Crippen LogP contribution in [-0.4, -0.2) is 48.4 Å². The summed E-state index contributed by atoms with van der Waals surface area (Å²) in [7, 11) is -2.97. The van der Waals surface area contributed by atoms with Gasteiger partial charge < -0.3 is 9.47 Å². The van der Waals surface area contributed by atoms with Crippen molar-refractivity contribution in [2.75, 3.05) is 18.2 Å². The lowest BCUT2D eigenvalue weighted by molar-refractivity contribution is 0.0637. The molecule has 4 heterocycles. The van der Waals surface area contributed by atoms with Crippen LogP contribution in [0.3, 0.4) is 0 Å². The highest BCUT2D eigenvalue weighted by molar-refractivity contribution is 7.91. The van der Waals surface area contributed by atoms with Gasteiger partial charge in [-0.25, -0.2) is 8.42 Å². The first-order valence-electron chi connectivity index (χ1n) is 9.49. The van der Waals surface area contributed by atoms with Gasteiger partial charge in [0.25, 0.3) is 0 Å². The second-order valence-electron chi connectivity index (χ2n) is 7.66. The largest absolute Gasteiger partial charge is 0.477 e. The molecule has 3 aliphatic heterocycles. The summed E-state index contributed by atoms with van der Waals surface area (Å²) in [5.41, 5.74) is 3.04. The Morgan fingerprint density at radius 2 is 2.03 bits per heavy atom. The number of benzene rings is 1. The van der Waals surface area contributed by atoms with Crippen LogP contribution in [0, 0.1) is 6.92 Å². The van der Waals surface area contributed by atoms with E-state index in [0.717, 1.165) is 22.4 Å².